The average Bonchev–Trinajstić information content (AvgIpc) is 2.95. The van der Waals surface area contributed by atoms with E-state index in [1.165, 1.54) is 12.5 Å². The van der Waals surface area contributed by atoms with Crippen molar-refractivity contribution in [1.29, 1.82) is 0 Å². The highest BCUT2D eigenvalue weighted by molar-refractivity contribution is 5.90. The fourth-order valence-electron chi connectivity index (χ4n) is 3.35. The molecule has 0 bridgehead atoms. The lowest BCUT2D eigenvalue weighted by molar-refractivity contribution is -0.116. The molecule has 1 amide bonds. The molecule has 2 heterocycles. The van der Waals surface area contributed by atoms with Gasteiger partial charge in [-0.1, -0.05) is 12.1 Å². The predicted octanol–water partition coefficient (Wildman–Crippen LogP) is 1.70. The number of halogens is 1. The second-order valence-electron chi connectivity index (χ2n) is 6.05. The van der Waals surface area contributed by atoms with E-state index in [1.54, 1.807) is 18.2 Å². The molecule has 2 unspecified atom stereocenters. The van der Waals surface area contributed by atoms with Gasteiger partial charge in [-0.3, -0.25) is 4.79 Å². The first-order valence-electron chi connectivity index (χ1n) is 7.70. The summed E-state index contributed by atoms with van der Waals surface area (Å²) in [5.74, 6) is 1.04. The van der Waals surface area contributed by atoms with Crippen molar-refractivity contribution in [2.24, 2.45) is 11.8 Å². The molecule has 2 aliphatic rings. The highest BCUT2D eigenvalue weighted by Gasteiger charge is 2.32. The van der Waals surface area contributed by atoms with Crippen molar-refractivity contribution in [3.05, 3.63) is 30.1 Å². The van der Waals surface area contributed by atoms with Crippen LogP contribution in [0.25, 0.3) is 0 Å². The molecule has 5 heteroatoms. The summed E-state index contributed by atoms with van der Waals surface area (Å²) in [6, 6.07) is 6.28. The number of benzene rings is 1. The van der Waals surface area contributed by atoms with Crippen molar-refractivity contribution in [1.82, 2.24) is 10.2 Å². The van der Waals surface area contributed by atoms with E-state index in [0.29, 0.717) is 6.42 Å². The maximum atomic E-state index is 13.5. The number of amides is 1. The molecule has 114 valence electrons. The summed E-state index contributed by atoms with van der Waals surface area (Å²) in [5, 5.41) is 6.08. The van der Waals surface area contributed by atoms with E-state index < -0.39 is 0 Å². The van der Waals surface area contributed by atoms with Gasteiger partial charge in [-0.2, -0.15) is 0 Å². The number of nitrogens with zero attached hydrogens (tertiary/aromatic N) is 1. The molecule has 2 N–H and O–H groups in total. The number of nitrogens with one attached hydrogen (secondary N) is 2. The van der Waals surface area contributed by atoms with Gasteiger partial charge in [-0.25, -0.2) is 4.39 Å². The summed E-state index contributed by atoms with van der Waals surface area (Å²) in [6.45, 7) is 5.14. The van der Waals surface area contributed by atoms with Crippen molar-refractivity contribution in [3.63, 3.8) is 0 Å². The Hall–Kier alpha value is -1.46. The Kier molecular flexibility index (Phi) is 4.51. The van der Waals surface area contributed by atoms with E-state index in [0.717, 1.165) is 44.6 Å². The van der Waals surface area contributed by atoms with E-state index in [1.807, 2.05) is 0 Å². The van der Waals surface area contributed by atoms with Gasteiger partial charge >= 0.3 is 0 Å². The van der Waals surface area contributed by atoms with Crippen LogP contribution in [-0.2, 0) is 4.79 Å². The summed E-state index contributed by atoms with van der Waals surface area (Å²) in [4.78, 5) is 14.3. The largest absolute Gasteiger partial charge is 0.324 e. The Morgan fingerprint density at radius 2 is 2.14 bits per heavy atom. The number of hydrogen-bond acceptors (Lipinski definition) is 3. The van der Waals surface area contributed by atoms with Gasteiger partial charge in [-0.15, -0.1) is 0 Å². The molecular weight excluding hydrogens is 269 g/mol. The lowest BCUT2D eigenvalue weighted by Gasteiger charge is -2.34. The van der Waals surface area contributed by atoms with E-state index in [-0.39, 0.29) is 17.4 Å². The average molecular weight is 291 g/mol. The molecule has 1 aromatic carbocycles. The van der Waals surface area contributed by atoms with Crippen LogP contribution >= 0.6 is 0 Å². The number of fused-ring (bicyclic) bond motifs is 1. The van der Waals surface area contributed by atoms with Gasteiger partial charge in [0.2, 0.25) is 5.91 Å². The summed E-state index contributed by atoms with van der Waals surface area (Å²) in [6.07, 6.45) is 1.63. The summed E-state index contributed by atoms with van der Waals surface area (Å²) < 4.78 is 13.5. The molecule has 0 aliphatic carbocycles. The molecule has 0 aromatic heterocycles. The third kappa shape index (κ3) is 3.60. The number of para-hydroxylation sites is 1. The SMILES string of the molecule is O=C(CCN1CCC2CNCC2C1)Nc1ccccc1F. The first-order chi connectivity index (χ1) is 10.2. The van der Waals surface area contributed by atoms with Crippen LogP contribution in [0.5, 0.6) is 0 Å². The van der Waals surface area contributed by atoms with Gasteiger partial charge in [0.25, 0.3) is 0 Å². The molecule has 2 atom stereocenters. The third-order valence-corrected chi connectivity index (χ3v) is 4.59. The van der Waals surface area contributed by atoms with Crippen LogP contribution in [0.1, 0.15) is 12.8 Å². The molecule has 0 radical (unpaired) electrons. The molecule has 1 aromatic rings. The first-order valence-corrected chi connectivity index (χ1v) is 7.70. The zero-order chi connectivity index (χ0) is 14.7. The standard InChI is InChI=1S/C16H22FN3O/c17-14-3-1-2-4-15(14)19-16(21)6-8-20-7-5-12-9-18-10-13(12)11-20/h1-4,12-13,18H,5-11H2,(H,19,21). The monoisotopic (exact) mass is 291 g/mol. The molecule has 0 spiro atoms. The van der Waals surface area contributed by atoms with E-state index >= 15 is 0 Å². The zero-order valence-electron chi connectivity index (χ0n) is 12.1. The summed E-state index contributed by atoms with van der Waals surface area (Å²) in [5.41, 5.74) is 0.265. The molecule has 2 saturated heterocycles. The van der Waals surface area contributed by atoms with Crippen LogP contribution in [0, 0.1) is 17.7 Å². The van der Waals surface area contributed by atoms with E-state index in [4.69, 9.17) is 0 Å². The maximum Gasteiger partial charge on any atom is 0.225 e. The Morgan fingerprint density at radius 1 is 1.33 bits per heavy atom. The molecule has 21 heavy (non-hydrogen) atoms. The summed E-state index contributed by atoms with van der Waals surface area (Å²) in [7, 11) is 0. The van der Waals surface area contributed by atoms with Crippen LogP contribution in [0.3, 0.4) is 0 Å². The first kappa shape index (κ1) is 14.5. The molecule has 4 nitrogen and oxygen atoms in total. The van der Waals surface area contributed by atoms with E-state index in [9.17, 15) is 9.18 Å². The predicted molar refractivity (Wildman–Crippen MR) is 80.6 cm³/mol. The number of likely N-dealkylation sites (tertiary alicyclic amines) is 1. The second-order valence-corrected chi connectivity index (χ2v) is 6.05. The number of rotatable bonds is 4. The van der Waals surface area contributed by atoms with Gasteiger partial charge in [-0.05, 0) is 50.0 Å². The minimum Gasteiger partial charge on any atom is -0.324 e. The van der Waals surface area contributed by atoms with Crippen LogP contribution in [0.15, 0.2) is 24.3 Å². The van der Waals surface area contributed by atoms with Crippen LogP contribution in [-0.4, -0.2) is 43.5 Å². The summed E-state index contributed by atoms with van der Waals surface area (Å²) >= 11 is 0. The zero-order valence-corrected chi connectivity index (χ0v) is 12.1. The van der Waals surface area contributed by atoms with Crippen molar-refractivity contribution in [2.45, 2.75) is 12.8 Å². The van der Waals surface area contributed by atoms with Gasteiger partial charge < -0.3 is 15.5 Å². The fourth-order valence-corrected chi connectivity index (χ4v) is 3.35. The van der Waals surface area contributed by atoms with Gasteiger partial charge in [0.05, 0.1) is 5.69 Å². The third-order valence-electron chi connectivity index (χ3n) is 4.59. The van der Waals surface area contributed by atoms with Gasteiger partial charge in [0.15, 0.2) is 0 Å². The smallest absolute Gasteiger partial charge is 0.225 e. The Balaban J connectivity index is 1.45. The number of carbonyl (C=O) groups excluding carboxylic acids is 1. The maximum absolute atomic E-state index is 13.5. The van der Waals surface area contributed by atoms with Crippen LogP contribution in [0.2, 0.25) is 0 Å². The highest BCUT2D eigenvalue weighted by atomic mass is 19.1. The molecule has 0 saturated carbocycles. The quantitative estimate of drug-likeness (QED) is 0.887. The Labute approximate surface area is 124 Å². The number of hydrogen-bond donors (Lipinski definition) is 2. The lowest BCUT2D eigenvalue weighted by atomic mass is 9.89. The fraction of sp³-hybridized carbons (Fsp3) is 0.562. The minimum atomic E-state index is -0.385. The van der Waals surface area contributed by atoms with Crippen molar-refractivity contribution in [2.75, 3.05) is 38.0 Å². The normalized spacial score (nSPS) is 25.6. The van der Waals surface area contributed by atoms with Crippen molar-refractivity contribution >= 4 is 11.6 Å². The van der Waals surface area contributed by atoms with Crippen molar-refractivity contribution in [3.8, 4) is 0 Å². The van der Waals surface area contributed by atoms with E-state index in [2.05, 4.69) is 15.5 Å². The van der Waals surface area contributed by atoms with Gasteiger partial charge in [0, 0.05) is 19.5 Å². The number of anilines is 1. The number of carbonyl (C=O) groups is 1. The second kappa shape index (κ2) is 6.54. The Bertz CT molecular complexity index is 508. The minimum absolute atomic E-state index is 0.119. The molecular formula is C16H22FN3O. The van der Waals surface area contributed by atoms with Gasteiger partial charge in [0.1, 0.15) is 5.82 Å². The Morgan fingerprint density at radius 3 is 3.00 bits per heavy atom. The topological polar surface area (TPSA) is 44.4 Å². The highest BCUT2D eigenvalue weighted by Crippen LogP contribution is 2.26. The molecule has 2 aliphatic heterocycles. The molecule has 3 rings (SSSR count). The van der Waals surface area contributed by atoms with Crippen molar-refractivity contribution < 1.29 is 9.18 Å². The number of piperidine rings is 1. The van der Waals surface area contributed by atoms with Crippen LogP contribution < -0.4 is 10.6 Å². The lowest BCUT2D eigenvalue weighted by Crippen LogP contribution is -2.41. The molecule has 2 fully saturated rings. The van der Waals surface area contributed by atoms with Crippen LogP contribution in [0.4, 0.5) is 10.1 Å².